The van der Waals surface area contributed by atoms with Gasteiger partial charge in [-0.1, -0.05) is 0 Å². The largest absolute Gasteiger partial charge is 0.302 e. The van der Waals surface area contributed by atoms with Crippen LogP contribution in [-0.2, 0) is 17.9 Å². The molecule has 2 rings (SSSR count). The fourth-order valence-corrected chi connectivity index (χ4v) is 3.03. The molecule has 1 amide bonds. The van der Waals surface area contributed by atoms with Crippen molar-refractivity contribution in [2.24, 2.45) is 0 Å². The number of anilines is 1. The summed E-state index contributed by atoms with van der Waals surface area (Å²) in [7, 11) is 2.03. The zero-order valence-corrected chi connectivity index (χ0v) is 12.8. The lowest BCUT2D eigenvalue weighted by molar-refractivity contribution is -0.114. The molecule has 102 valence electrons. The average molecular weight is 296 g/mol. The van der Waals surface area contributed by atoms with E-state index in [0.29, 0.717) is 5.13 Å². The summed E-state index contributed by atoms with van der Waals surface area (Å²) in [4.78, 5) is 21.9. The van der Waals surface area contributed by atoms with Crippen LogP contribution in [0.2, 0.25) is 0 Å². The summed E-state index contributed by atoms with van der Waals surface area (Å²) in [6, 6.07) is 0. The van der Waals surface area contributed by atoms with Gasteiger partial charge in [0.05, 0.1) is 16.4 Å². The Balaban J connectivity index is 1.89. The summed E-state index contributed by atoms with van der Waals surface area (Å²) in [5, 5.41) is 8.48. The number of carbonyl (C=O) groups excluding carboxylic acids is 1. The molecular weight excluding hydrogens is 280 g/mol. The van der Waals surface area contributed by atoms with Crippen LogP contribution < -0.4 is 5.32 Å². The number of aryl methyl sites for hydroxylation is 1. The van der Waals surface area contributed by atoms with Gasteiger partial charge in [-0.15, -0.1) is 22.7 Å². The highest BCUT2D eigenvalue weighted by atomic mass is 32.1. The third-order valence-corrected chi connectivity index (χ3v) is 3.99. The van der Waals surface area contributed by atoms with E-state index in [2.05, 4.69) is 25.6 Å². The first-order chi connectivity index (χ1) is 9.02. The number of amides is 1. The zero-order valence-electron chi connectivity index (χ0n) is 11.1. The van der Waals surface area contributed by atoms with E-state index in [1.54, 1.807) is 11.3 Å². The molecule has 2 heterocycles. The van der Waals surface area contributed by atoms with Gasteiger partial charge in [0.1, 0.15) is 0 Å². The van der Waals surface area contributed by atoms with Crippen molar-refractivity contribution in [3.8, 4) is 0 Å². The molecule has 0 aromatic carbocycles. The smallest absolute Gasteiger partial charge is 0.223 e. The van der Waals surface area contributed by atoms with Gasteiger partial charge in [0.25, 0.3) is 0 Å². The number of thiazole rings is 2. The number of hydrogen-bond donors (Lipinski definition) is 1. The van der Waals surface area contributed by atoms with Crippen molar-refractivity contribution >= 4 is 33.7 Å². The second-order valence-electron chi connectivity index (χ2n) is 4.36. The van der Waals surface area contributed by atoms with Crippen LogP contribution in [0.15, 0.2) is 10.8 Å². The Hall–Kier alpha value is -1.31. The van der Waals surface area contributed by atoms with Crippen LogP contribution in [-0.4, -0.2) is 27.8 Å². The van der Waals surface area contributed by atoms with E-state index in [1.807, 2.05) is 19.4 Å². The fraction of sp³-hybridized carbons (Fsp3) is 0.417. The number of nitrogens with zero attached hydrogens (tertiary/aromatic N) is 3. The second-order valence-corrected chi connectivity index (χ2v) is 6.28. The SMILES string of the molecule is CC(=O)Nc1nc(CN(C)Cc2csc(C)n2)cs1. The van der Waals surface area contributed by atoms with Crippen molar-refractivity contribution in [1.82, 2.24) is 14.9 Å². The molecule has 0 atom stereocenters. The number of rotatable bonds is 5. The summed E-state index contributed by atoms with van der Waals surface area (Å²) in [6.07, 6.45) is 0. The highest BCUT2D eigenvalue weighted by Gasteiger charge is 2.08. The van der Waals surface area contributed by atoms with Gasteiger partial charge in [-0.2, -0.15) is 0 Å². The highest BCUT2D eigenvalue weighted by molar-refractivity contribution is 7.13. The molecule has 0 saturated carbocycles. The van der Waals surface area contributed by atoms with Crippen molar-refractivity contribution in [3.05, 3.63) is 27.2 Å². The van der Waals surface area contributed by atoms with Gasteiger partial charge in [0.15, 0.2) is 5.13 Å². The molecule has 0 aliphatic carbocycles. The topological polar surface area (TPSA) is 58.1 Å². The molecule has 0 bridgehead atoms. The molecule has 2 aromatic rings. The maximum atomic E-state index is 10.9. The quantitative estimate of drug-likeness (QED) is 0.921. The van der Waals surface area contributed by atoms with Crippen LogP contribution in [0.4, 0.5) is 5.13 Å². The highest BCUT2D eigenvalue weighted by Crippen LogP contribution is 2.17. The van der Waals surface area contributed by atoms with Crippen LogP contribution in [0.25, 0.3) is 0 Å². The minimum absolute atomic E-state index is 0.0906. The number of hydrogen-bond acceptors (Lipinski definition) is 6. The lowest BCUT2D eigenvalue weighted by atomic mass is 10.4. The third kappa shape index (κ3) is 4.38. The Morgan fingerprint density at radius 3 is 2.47 bits per heavy atom. The third-order valence-electron chi connectivity index (χ3n) is 2.37. The van der Waals surface area contributed by atoms with E-state index < -0.39 is 0 Å². The predicted octanol–water partition coefficient (Wildman–Crippen LogP) is 2.50. The van der Waals surface area contributed by atoms with E-state index in [-0.39, 0.29) is 5.91 Å². The summed E-state index contributed by atoms with van der Waals surface area (Å²) in [5.41, 5.74) is 2.05. The van der Waals surface area contributed by atoms with E-state index in [4.69, 9.17) is 0 Å². The average Bonchev–Trinajstić information content (AvgIpc) is 2.88. The maximum absolute atomic E-state index is 10.9. The molecule has 2 aromatic heterocycles. The molecular formula is C12H16N4OS2. The number of aromatic nitrogens is 2. The first kappa shape index (κ1) is 14.1. The molecule has 0 fully saturated rings. The molecule has 0 aliphatic heterocycles. The molecule has 7 heteroatoms. The first-order valence-corrected chi connectivity index (χ1v) is 7.60. The van der Waals surface area contributed by atoms with Crippen molar-refractivity contribution in [3.63, 3.8) is 0 Å². The van der Waals surface area contributed by atoms with Gasteiger partial charge in [0, 0.05) is 30.8 Å². The van der Waals surface area contributed by atoms with Crippen molar-refractivity contribution in [2.45, 2.75) is 26.9 Å². The van der Waals surface area contributed by atoms with Crippen LogP contribution in [0.1, 0.15) is 23.3 Å². The molecule has 19 heavy (non-hydrogen) atoms. The monoisotopic (exact) mass is 296 g/mol. The van der Waals surface area contributed by atoms with E-state index in [1.165, 1.54) is 18.3 Å². The Labute approximate surface area is 120 Å². The minimum atomic E-state index is -0.0906. The van der Waals surface area contributed by atoms with Gasteiger partial charge in [-0.3, -0.25) is 9.69 Å². The van der Waals surface area contributed by atoms with Crippen molar-refractivity contribution < 1.29 is 4.79 Å². The molecule has 0 unspecified atom stereocenters. The lowest BCUT2D eigenvalue weighted by Gasteiger charge is -2.13. The lowest BCUT2D eigenvalue weighted by Crippen LogP contribution is -2.17. The van der Waals surface area contributed by atoms with Gasteiger partial charge in [-0.05, 0) is 14.0 Å². The van der Waals surface area contributed by atoms with E-state index >= 15 is 0 Å². The first-order valence-electron chi connectivity index (χ1n) is 5.84. The van der Waals surface area contributed by atoms with E-state index in [9.17, 15) is 4.79 Å². The summed E-state index contributed by atoms with van der Waals surface area (Å²) in [6.45, 7) is 5.04. The Kier molecular flexibility index (Phi) is 4.62. The van der Waals surface area contributed by atoms with Gasteiger partial charge < -0.3 is 5.32 Å². The molecule has 0 aliphatic rings. The standard InChI is InChI=1S/C12H16N4OS2/c1-8(17)13-12-15-11(7-19-12)5-16(3)4-10-6-18-9(2)14-10/h6-7H,4-5H2,1-3H3,(H,13,15,17). The summed E-state index contributed by atoms with van der Waals surface area (Å²) in [5.74, 6) is -0.0906. The Morgan fingerprint density at radius 1 is 1.26 bits per heavy atom. The van der Waals surface area contributed by atoms with Gasteiger partial charge >= 0.3 is 0 Å². The van der Waals surface area contributed by atoms with Crippen LogP contribution in [0.5, 0.6) is 0 Å². The van der Waals surface area contributed by atoms with Crippen molar-refractivity contribution in [2.75, 3.05) is 12.4 Å². The molecule has 0 radical (unpaired) electrons. The summed E-state index contributed by atoms with van der Waals surface area (Å²) < 4.78 is 0. The van der Waals surface area contributed by atoms with E-state index in [0.717, 1.165) is 29.5 Å². The maximum Gasteiger partial charge on any atom is 0.223 e. The summed E-state index contributed by atoms with van der Waals surface area (Å²) >= 11 is 3.11. The van der Waals surface area contributed by atoms with Gasteiger partial charge in [0.2, 0.25) is 5.91 Å². The fourth-order valence-electron chi connectivity index (χ4n) is 1.68. The minimum Gasteiger partial charge on any atom is -0.302 e. The van der Waals surface area contributed by atoms with Crippen LogP contribution in [0, 0.1) is 6.92 Å². The normalized spacial score (nSPS) is 10.9. The molecule has 5 nitrogen and oxygen atoms in total. The van der Waals surface area contributed by atoms with Gasteiger partial charge in [-0.25, -0.2) is 9.97 Å². The van der Waals surface area contributed by atoms with Crippen LogP contribution in [0.3, 0.4) is 0 Å². The number of carbonyl (C=O) groups is 1. The number of nitrogens with one attached hydrogen (secondary N) is 1. The van der Waals surface area contributed by atoms with Crippen LogP contribution >= 0.6 is 22.7 Å². The predicted molar refractivity (Wildman–Crippen MR) is 78.4 cm³/mol. The Bertz CT molecular complexity index is 564. The molecule has 1 N–H and O–H groups in total. The molecule has 0 saturated heterocycles. The second kappa shape index (κ2) is 6.23. The Morgan fingerprint density at radius 2 is 1.89 bits per heavy atom. The van der Waals surface area contributed by atoms with Crippen molar-refractivity contribution in [1.29, 1.82) is 0 Å². The zero-order chi connectivity index (χ0) is 13.8. The molecule has 0 spiro atoms.